The molecule has 4 aromatic rings. The van der Waals surface area contributed by atoms with Crippen molar-refractivity contribution in [3.8, 4) is 17.0 Å². The normalized spacial score (nSPS) is 15.3. The number of nitrogens with one attached hydrogen (secondary N) is 1. The van der Waals surface area contributed by atoms with E-state index in [1.54, 1.807) is 26.0 Å². The number of hydrogen-bond acceptors (Lipinski definition) is 4. The molecule has 1 aromatic heterocycles. The van der Waals surface area contributed by atoms with Crippen LogP contribution < -0.4 is 10.1 Å². The van der Waals surface area contributed by atoms with Crippen LogP contribution in [0.5, 0.6) is 5.75 Å². The van der Waals surface area contributed by atoms with Gasteiger partial charge in [0.2, 0.25) is 0 Å². The van der Waals surface area contributed by atoms with Crippen molar-refractivity contribution in [3.05, 3.63) is 89.0 Å². The van der Waals surface area contributed by atoms with Gasteiger partial charge in [-0.2, -0.15) is 0 Å². The SMILES string of the molecule is CC(C)(NC(=O)c1ccc2c(C3CCCCC3)c3n(c2c1)CCOc1ccccc1-3)C(=O)Cc1cccc(C(=O)O)c1. The molecule has 0 bridgehead atoms. The Morgan fingerprint density at radius 1 is 0.952 bits per heavy atom. The van der Waals surface area contributed by atoms with Gasteiger partial charge in [0.05, 0.1) is 23.3 Å². The van der Waals surface area contributed by atoms with E-state index in [4.69, 9.17) is 4.74 Å². The Morgan fingerprint density at radius 3 is 2.52 bits per heavy atom. The maximum atomic E-state index is 13.6. The highest BCUT2D eigenvalue weighted by Crippen LogP contribution is 2.47. The highest BCUT2D eigenvalue weighted by Gasteiger charge is 2.32. The Hall–Kier alpha value is -4.39. The molecule has 3 aromatic carbocycles. The van der Waals surface area contributed by atoms with E-state index in [0.717, 1.165) is 29.7 Å². The number of benzene rings is 3. The molecule has 1 saturated carbocycles. The number of para-hydroxylation sites is 1. The number of fused-ring (bicyclic) bond motifs is 5. The molecule has 2 heterocycles. The fourth-order valence-electron chi connectivity index (χ4n) is 6.53. The summed E-state index contributed by atoms with van der Waals surface area (Å²) in [6.07, 6.45) is 6.04. The number of nitrogens with zero attached hydrogens (tertiary/aromatic N) is 1. The average Bonchev–Trinajstić information content (AvgIpc) is 3.18. The zero-order valence-electron chi connectivity index (χ0n) is 24.1. The predicted octanol–water partition coefficient (Wildman–Crippen LogP) is 6.77. The third kappa shape index (κ3) is 5.20. The Labute approximate surface area is 245 Å². The van der Waals surface area contributed by atoms with Crippen molar-refractivity contribution < 1.29 is 24.2 Å². The number of amides is 1. The minimum absolute atomic E-state index is 0.0177. The van der Waals surface area contributed by atoms with E-state index in [1.807, 2.05) is 24.3 Å². The van der Waals surface area contributed by atoms with Crippen LogP contribution in [-0.4, -0.2) is 39.5 Å². The van der Waals surface area contributed by atoms with Gasteiger partial charge in [-0.25, -0.2) is 4.79 Å². The Bertz CT molecular complexity index is 1690. The van der Waals surface area contributed by atoms with Crippen molar-refractivity contribution in [3.63, 3.8) is 0 Å². The summed E-state index contributed by atoms with van der Waals surface area (Å²) < 4.78 is 8.46. The van der Waals surface area contributed by atoms with Gasteiger partial charge < -0.3 is 19.7 Å². The van der Waals surface area contributed by atoms with Gasteiger partial charge in [-0.1, -0.05) is 49.6 Å². The van der Waals surface area contributed by atoms with Crippen LogP contribution >= 0.6 is 0 Å². The molecule has 216 valence electrons. The number of aromatic nitrogens is 1. The third-order valence-corrected chi connectivity index (χ3v) is 8.76. The molecule has 0 saturated heterocycles. The molecule has 1 aliphatic carbocycles. The van der Waals surface area contributed by atoms with E-state index in [0.29, 0.717) is 30.2 Å². The molecular formula is C35H36N2O5. The smallest absolute Gasteiger partial charge is 0.335 e. The molecule has 1 fully saturated rings. The van der Waals surface area contributed by atoms with Crippen molar-refractivity contribution >= 4 is 28.6 Å². The van der Waals surface area contributed by atoms with Crippen molar-refractivity contribution in [1.82, 2.24) is 9.88 Å². The number of Topliss-reactive ketones (excluding diaryl/α,β-unsaturated/α-hetero) is 1. The van der Waals surface area contributed by atoms with Gasteiger partial charge in [-0.3, -0.25) is 9.59 Å². The Kier molecular flexibility index (Phi) is 7.35. The van der Waals surface area contributed by atoms with Gasteiger partial charge in [-0.15, -0.1) is 0 Å². The molecule has 0 radical (unpaired) electrons. The first-order valence-electron chi connectivity index (χ1n) is 14.8. The number of ether oxygens (including phenoxy) is 1. The highest BCUT2D eigenvalue weighted by molar-refractivity contribution is 6.03. The molecule has 0 spiro atoms. The van der Waals surface area contributed by atoms with Gasteiger partial charge in [0.1, 0.15) is 12.4 Å². The minimum atomic E-state index is -1.15. The number of hydrogen-bond donors (Lipinski definition) is 2. The number of carbonyl (C=O) groups is 3. The maximum absolute atomic E-state index is 13.6. The van der Waals surface area contributed by atoms with E-state index in [9.17, 15) is 19.5 Å². The summed E-state index contributed by atoms with van der Waals surface area (Å²) in [6.45, 7) is 4.59. The molecule has 0 unspecified atom stereocenters. The molecule has 42 heavy (non-hydrogen) atoms. The molecule has 6 rings (SSSR count). The summed E-state index contributed by atoms with van der Waals surface area (Å²) in [5.74, 6) is -0.223. The third-order valence-electron chi connectivity index (χ3n) is 8.76. The standard InChI is InChI=1S/C35H36N2O5/c1-35(2,30(38)20-22-9-8-12-25(19-22)34(40)41)36-33(39)24-15-16-26-28(21-24)37-17-18-42-29-14-7-6-13-27(29)32(37)31(26)23-10-4-3-5-11-23/h6-9,12-16,19,21,23H,3-5,10-11,17-18,20H2,1-2H3,(H,36,39)(H,40,41). The number of carboxylic acids is 1. The number of carbonyl (C=O) groups excluding carboxylic acids is 2. The lowest BCUT2D eigenvalue weighted by Crippen LogP contribution is -2.50. The topological polar surface area (TPSA) is 97.6 Å². The number of aromatic carboxylic acids is 1. The summed E-state index contributed by atoms with van der Waals surface area (Å²) in [6, 6.07) is 20.4. The quantitative estimate of drug-likeness (QED) is 0.258. The maximum Gasteiger partial charge on any atom is 0.335 e. The number of ketones is 1. The molecule has 0 atom stereocenters. The molecule has 2 aliphatic rings. The van der Waals surface area contributed by atoms with Gasteiger partial charge in [0, 0.05) is 28.5 Å². The second-order valence-corrected chi connectivity index (χ2v) is 12.0. The molecule has 1 aliphatic heterocycles. The summed E-state index contributed by atoms with van der Waals surface area (Å²) in [7, 11) is 0. The minimum Gasteiger partial charge on any atom is -0.491 e. The first-order valence-corrected chi connectivity index (χ1v) is 14.8. The lowest BCUT2D eigenvalue weighted by molar-refractivity contribution is -0.123. The van der Waals surface area contributed by atoms with E-state index in [2.05, 4.69) is 28.1 Å². The van der Waals surface area contributed by atoms with Crippen molar-refractivity contribution in [2.45, 2.75) is 70.4 Å². The van der Waals surface area contributed by atoms with Crippen molar-refractivity contribution in [2.75, 3.05) is 6.61 Å². The van der Waals surface area contributed by atoms with E-state index in [1.165, 1.54) is 48.0 Å². The fourth-order valence-corrected chi connectivity index (χ4v) is 6.53. The lowest BCUT2D eigenvalue weighted by Gasteiger charge is -2.25. The summed E-state index contributed by atoms with van der Waals surface area (Å²) >= 11 is 0. The van der Waals surface area contributed by atoms with Crippen LogP contribution in [0, 0.1) is 0 Å². The lowest BCUT2D eigenvalue weighted by atomic mass is 9.81. The first kappa shape index (κ1) is 27.8. The monoisotopic (exact) mass is 564 g/mol. The molecule has 1 amide bonds. The van der Waals surface area contributed by atoms with Gasteiger partial charge >= 0.3 is 5.97 Å². The van der Waals surface area contributed by atoms with Gasteiger partial charge in [-0.05, 0) is 80.1 Å². The van der Waals surface area contributed by atoms with Crippen LogP contribution in [0.15, 0.2) is 66.7 Å². The van der Waals surface area contributed by atoms with Crippen LogP contribution in [0.4, 0.5) is 0 Å². The fraction of sp³-hybridized carbons (Fsp3) is 0.343. The van der Waals surface area contributed by atoms with Crippen LogP contribution in [0.25, 0.3) is 22.2 Å². The Morgan fingerprint density at radius 2 is 1.74 bits per heavy atom. The second-order valence-electron chi connectivity index (χ2n) is 12.0. The largest absolute Gasteiger partial charge is 0.491 e. The molecule has 2 N–H and O–H groups in total. The number of rotatable bonds is 7. The van der Waals surface area contributed by atoms with Gasteiger partial charge in [0.25, 0.3) is 5.91 Å². The summed E-state index contributed by atoms with van der Waals surface area (Å²) in [5.41, 5.74) is 4.71. The van der Waals surface area contributed by atoms with E-state index >= 15 is 0 Å². The van der Waals surface area contributed by atoms with Crippen molar-refractivity contribution in [1.29, 1.82) is 0 Å². The molecule has 7 heteroatoms. The Balaban J connectivity index is 1.33. The van der Waals surface area contributed by atoms with Gasteiger partial charge in [0.15, 0.2) is 5.78 Å². The van der Waals surface area contributed by atoms with Crippen LogP contribution in [0.1, 0.15) is 83.7 Å². The predicted molar refractivity (Wildman–Crippen MR) is 162 cm³/mol. The van der Waals surface area contributed by atoms with Crippen LogP contribution in [0.2, 0.25) is 0 Å². The van der Waals surface area contributed by atoms with E-state index in [-0.39, 0.29) is 23.7 Å². The number of carboxylic acid groups (broad SMARTS) is 1. The van der Waals surface area contributed by atoms with Crippen LogP contribution in [0.3, 0.4) is 0 Å². The van der Waals surface area contributed by atoms with Crippen molar-refractivity contribution in [2.24, 2.45) is 0 Å². The summed E-state index contributed by atoms with van der Waals surface area (Å²) in [4.78, 5) is 38.2. The first-order chi connectivity index (χ1) is 20.2. The summed E-state index contributed by atoms with van der Waals surface area (Å²) in [5, 5.41) is 13.4. The second kappa shape index (κ2) is 11.1. The average molecular weight is 565 g/mol. The van der Waals surface area contributed by atoms with E-state index < -0.39 is 11.5 Å². The zero-order chi connectivity index (χ0) is 29.4. The highest BCUT2D eigenvalue weighted by atomic mass is 16.5. The van der Waals surface area contributed by atoms with Crippen LogP contribution in [-0.2, 0) is 17.8 Å². The molecule has 7 nitrogen and oxygen atoms in total. The molecular weight excluding hydrogens is 528 g/mol. The zero-order valence-corrected chi connectivity index (χ0v) is 24.1.